The van der Waals surface area contributed by atoms with Crippen LogP contribution in [0.3, 0.4) is 0 Å². The van der Waals surface area contributed by atoms with Crippen LogP contribution in [0.5, 0.6) is 5.75 Å². The summed E-state index contributed by atoms with van der Waals surface area (Å²) in [5, 5.41) is 2.99. The molecule has 1 aromatic carbocycles. The topological polar surface area (TPSA) is 50.8 Å². The Morgan fingerprint density at radius 2 is 2.21 bits per heavy atom. The summed E-state index contributed by atoms with van der Waals surface area (Å²) in [5.41, 5.74) is 2.85. The molecule has 1 aromatic rings. The Morgan fingerprint density at radius 1 is 1.32 bits per heavy atom. The summed E-state index contributed by atoms with van der Waals surface area (Å²) >= 11 is 0. The van der Waals surface area contributed by atoms with Gasteiger partial charge in [-0.3, -0.25) is 9.69 Å². The first-order valence-corrected chi connectivity index (χ1v) is 11.0. The zero-order valence-electron chi connectivity index (χ0n) is 16.7. The third-order valence-electron chi connectivity index (χ3n) is 8.46. The Balaban J connectivity index is 1.48. The van der Waals surface area contributed by atoms with E-state index >= 15 is 0 Å². The van der Waals surface area contributed by atoms with Gasteiger partial charge in [0.15, 0.2) is 0 Å². The number of carbonyl (C=O) groups is 1. The van der Waals surface area contributed by atoms with Crippen LogP contribution < -0.4 is 10.1 Å². The van der Waals surface area contributed by atoms with Gasteiger partial charge in [0.2, 0.25) is 6.41 Å². The molecule has 5 aliphatic rings. The monoisotopic (exact) mass is 382 g/mol. The summed E-state index contributed by atoms with van der Waals surface area (Å²) in [7, 11) is 1.75. The lowest BCUT2D eigenvalue weighted by atomic mass is 9.52. The normalized spacial score (nSPS) is 40.7. The number of fused-ring (bicyclic) bond motifs is 4. The van der Waals surface area contributed by atoms with Gasteiger partial charge < -0.3 is 14.8 Å². The summed E-state index contributed by atoms with van der Waals surface area (Å²) in [6.45, 7) is 3.05. The van der Waals surface area contributed by atoms with Crippen molar-refractivity contribution >= 4 is 6.41 Å². The summed E-state index contributed by atoms with van der Waals surface area (Å²) in [6.07, 6.45) is 8.35. The second-order valence-electron chi connectivity index (χ2n) is 9.70. The molecule has 6 rings (SSSR count). The smallest absolute Gasteiger partial charge is 0.207 e. The van der Waals surface area contributed by atoms with Crippen LogP contribution in [0.25, 0.3) is 0 Å². The number of nitrogens with one attached hydrogen (secondary N) is 1. The van der Waals surface area contributed by atoms with E-state index in [1.165, 1.54) is 43.5 Å². The van der Waals surface area contributed by atoms with Crippen LogP contribution in [0.4, 0.5) is 0 Å². The second kappa shape index (κ2) is 5.96. The summed E-state index contributed by atoms with van der Waals surface area (Å²) in [4.78, 5) is 14.0. The largest absolute Gasteiger partial charge is 0.497 e. The third kappa shape index (κ3) is 2.18. The van der Waals surface area contributed by atoms with Crippen LogP contribution in [0.1, 0.15) is 49.1 Å². The molecule has 0 spiro atoms. The minimum atomic E-state index is -0.209. The molecule has 2 aliphatic carbocycles. The fraction of sp³-hybridized carbons (Fsp3) is 0.696. The molecule has 3 saturated heterocycles. The van der Waals surface area contributed by atoms with E-state index < -0.39 is 0 Å². The summed E-state index contributed by atoms with van der Waals surface area (Å²) in [5.74, 6) is 2.79. The van der Waals surface area contributed by atoms with E-state index in [4.69, 9.17) is 9.47 Å². The van der Waals surface area contributed by atoms with E-state index in [0.717, 1.165) is 37.3 Å². The molecule has 5 atom stereocenters. The Morgan fingerprint density at radius 3 is 3.00 bits per heavy atom. The first-order valence-electron chi connectivity index (χ1n) is 11.0. The van der Waals surface area contributed by atoms with Gasteiger partial charge in [-0.1, -0.05) is 6.07 Å². The van der Waals surface area contributed by atoms with Crippen LogP contribution in [0, 0.1) is 11.8 Å². The zero-order chi connectivity index (χ0) is 18.9. The zero-order valence-corrected chi connectivity index (χ0v) is 16.7. The molecular formula is C23H30N2O3. The van der Waals surface area contributed by atoms with Crippen molar-refractivity contribution in [3.63, 3.8) is 0 Å². The van der Waals surface area contributed by atoms with Crippen molar-refractivity contribution in [1.29, 1.82) is 0 Å². The Kier molecular flexibility index (Phi) is 3.68. The van der Waals surface area contributed by atoms with Gasteiger partial charge in [-0.25, -0.2) is 0 Å². The van der Waals surface area contributed by atoms with E-state index in [-0.39, 0.29) is 11.1 Å². The minimum absolute atomic E-state index is 0.107. The summed E-state index contributed by atoms with van der Waals surface area (Å²) < 4.78 is 12.4. The van der Waals surface area contributed by atoms with E-state index in [9.17, 15) is 4.79 Å². The van der Waals surface area contributed by atoms with Gasteiger partial charge in [0.05, 0.1) is 24.4 Å². The fourth-order valence-electron chi connectivity index (χ4n) is 7.31. The van der Waals surface area contributed by atoms with Gasteiger partial charge in [-0.2, -0.15) is 0 Å². The van der Waals surface area contributed by atoms with Gasteiger partial charge in [0, 0.05) is 19.0 Å². The Bertz CT molecular complexity index is 809. The Labute approximate surface area is 166 Å². The molecular weight excluding hydrogens is 352 g/mol. The molecule has 0 aromatic heterocycles. The van der Waals surface area contributed by atoms with Crippen molar-refractivity contribution in [2.24, 2.45) is 11.8 Å². The molecule has 3 heterocycles. The van der Waals surface area contributed by atoms with Crippen molar-refractivity contribution in [1.82, 2.24) is 10.2 Å². The fourth-order valence-corrected chi connectivity index (χ4v) is 7.31. The van der Waals surface area contributed by atoms with Crippen LogP contribution in [-0.2, 0) is 16.0 Å². The predicted molar refractivity (Wildman–Crippen MR) is 105 cm³/mol. The number of hydrogen-bond acceptors (Lipinski definition) is 4. The lowest BCUT2D eigenvalue weighted by Crippen LogP contribution is -2.70. The molecule has 5 nitrogen and oxygen atoms in total. The number of benzene rings is 1. The number of hydrogen-bond donors (Lipinski definition) is 1. The van der Waals surface area contributed by atoms with Crippen molar-refractivity contribution in [2.45, 2.75) is 61.7 Å². The van der Waals surface area contributed by atoms with Crippen molar-refractivity contribution in [2.75, 3.05) is 26.7 Å². The number of rotatable bonds is 6. The molecule has 0 radical (unpaired) electrons. The molecule has 150 valence electrons. The van der Waals surface area contributed by atoms with Crippen LogP contribution in [-0.4, -0.2) is 55.3 Å². The highest BCUT2D eigenvalue weighted by molar-refractivity contribution is 5.49. The SMILES string of the molecule is COc1ccc2c(c1)C1CCN(CC3CC3)C3(C2)C2CC[C@@](CNC=O)(O2)C13. The lowest BCUT2D eigenvalue weighted by Gasteiger charge is -2.60. The average Bonchev–Trinajstić information content (AvgIpc) is 3.36. The lowest BCUT2D eigenvalue weighted by molar-refractivity contribution is -0.111. The minimum Gasteiger partial charge on any atom is -0.497 e. The highest BCUT2D eigenvalue weighted by Gasteiger charge is 2.73. The van der Waals surface area contributed by atoms with Crippen LogP contribution in [0.15, 0.2) is 18.2 Å². The van der Waals surface area contributed by atoms with Gasteiger partial charge in [-0.05, 0) is 80.2 Å². The third-order valence-corrected chi connectivity index (χ3v) is 8.46. The molecule has 1 saturated carbocycles. The second-order valence-corrected chi connectivity index (χ2v) is 9.70. The molecule has 4 unspecified atom stereocenters. The molecule has 28 heavy (non-hydrogen) atoms. The average molecular weight is 383 g/mol. The van der Waals surface area contributed by atoms with Crippen molar-refractivity contribution in [3.8, 4) is 5.75 Å². The number of amides is 1. The first kappa shape index (κ1) is 17.3. The van der Waals surface area contributed by atoms with Crippen LogP contribution in [0.2, 0.25) is 0 Å². The predicted octanol–water partition coefficient (Wildman–Crippen LogP) is 2.48. The van der Waals surface area contributed by atoms with Gasteiger partial charge in [0.1, 0.15) is 5.75 Å². The first-order chi connectivity index (χ1) is 13.7. The molecule has 4 fully saturated rings. The van der Waals surface area contributed by atoms with Crippen LogP contribution >= 0.6 is 0 Å². The quantitative estimate of drug-likeness (QED) is 0.768. The van der Waals surface area contributed by atoms with Gasteiger partial charge >= 0.3 is 0 Å². The summed E-state index contributed by atoms with van der Waals surface area (Å²) in [6, 6.07) is 6.68. The highest BCUT2D eigenvalue weighted by atomic mass is 16.5. The highest BCUT2D eigenvalue weighted by Crippen LogP contribution is 2.66. The molecule has 1 amide bonds. The van der Waals surface area contributed by atoms with Crippen molar-refractivity contribution < 1.29 is 14.3 Å². The van der Waals surface area contributed by atoms with E-state index in [0.29, 0.717) is 24.5 Å². The maximum Gasteiger partial charge on any atom is 0.207 e. The number of nitrogens with zero attached hydrogens (tertiary/aromatic N) is 1. The number of ether oxygens (including phenoxy) is 2. The number of piperidine rings is 1. The molecule has 5 heteroatoms. The maximum absolute atomic E-state index is 11.1. The van der Waals surface area contributed by atoms with Gasteiger partial charge in [-0.15, -0.1) is 0 Å². The van der Waals surface area contributed by atoms with E-state index in [1.807, 2.05) is 0 Å². The molecule has 1 N–H and O–H groups in total. The standard InChI is InChI=1S/C23H30N2O3/c1-27-17-5-4-16-11-23-20-6-8-22(28-20,13-24-14-26)21(23)18(19(16)10-17)7-9-25(23)12-15-2-3-15/h4-5,10,14-15,18,20-21H,2-3,6-9,11-13H2,1H3,(H,24,26)/t18?,20?,21?,22-,23?/m0/s1. The molecule has 3 aliphatic heterocycles. The van der Waals surface area contributed by atoms with E-state index in [2.05, 4.69) is 28.4 Å². The van der Waals surface area contributed by atoms with Gasteiger partial charge in [0.25, 0.3) is 0 Å². The van der Waals surface area contributed by atoms with Crippen molar-refractivity contribution in [3.05, 3.63) is 29.3 Å². The number of methoxy groups -OCH3 is 1. The maximum atomic E-state index is 11.1. The Hall–Kier alpha value is -1.59. The van der Waals surface area contributed by atoms with E-state index in [1.54, 1.807) is 7.11 Å². The number of likely N-dealkylation sites (tertiary alicyclic amines) is 1. The molecule has 4 bridgehead atoms. The number of carbonyl (C=O) groups excluding carboxylic acids is 1.